The molecule has 0 saturated carbocycles. The Morgan fingerprint density at radius 1 is 1.26 bits per heavy atom. The van der Waals surface area contributed by atoms with Crippen molar-refractivity contribution in [3.05, 3.63) is 28.8 Å². The number of nitrogens with zero attached hydrogens (tertiary/aromatic N) is 1. The lowest BCUT2D eigenvalue weighted by Gasteiger charge is -2.19. The van der Waals surface area contributed by atoms with E-state index >= 15 is 0 Å². The van der Waals surface area contributed by atoms with E-state index in [0.717, 1.165) is 31.7 Å². The Morgan fingerprint density at radius 3 is 2.53 bits per heavy atom. The van der Waals surface area contributed by atoms with Gasteiger partial charge in [0.15, 0.2) is 0 Å². The lowest BCUT2D eigenvalue weighted by molar-refractivity contribution is 0.314. The van der Waals surface area contributed by atoms with Gasteiger partial charge in [-0.1, -0.05) is 6.07 Å². The topological polar surface area (TPSA) is 38.5 Å². The summed E-state index contributed by atoms with van der Waals surface area (Å²) in [6, 6.07) is 4.66. The molecule has 0 aromatic heterocycles. The zero-order valence-electron chi connectivity index (χ0n) is 13.0. The van der Waals surface area contributed by atoms with Crippen LogP contribution in [0.5, 0.6) is 5.75 Å². The number of rotatable bonds is 7. The van der Waals surface area contributed by atoms with Crippen LogP contribution in [0.2, 0.25) is 0 Å². The standard InChI is InChI=1S/C16H28N2O/c1-12-10-16(19-5)13(2)9-15(12)11-18(4)8-6-7-14(3)17/h9-10,14H,6-8,11,17H2,1-5H3. The maximum absolute atomic E-state index is 5.77. The van der Waals surface area contributed by atoms with Crippen molar-refractivity contribution in [1.82, 2.24) is 4.90 Å². The highest BCUT2D eigenvalue weighted by Crippen LogP contribution is 2.23. The molecule has 1 rings (SSSR count). The fourth-order valence-corrected chi connectivity index (χ4v) is 2.29. The van der Waals surface area contributed by atoms with Gasteiger partial charge in [0.1, 0.15) is 5.75 Å². The molecule has 0 amide bonds. The first-order valence-corrected chi connectivity index (χ1v) is 7.02. The Balaban J connectivity index is 2.59. The Labute approximate surface area is 117 Å². The summed E-state index contributed by atoms with van der Waals surface area (Å²) in [5, 5.41) is 0. The molecule has 1 aromatic rings. The molecule has 0 bridgehead atoms. The molecule has 0 spiro atoms. The van der Waals surface area contributed by atoms with Crippen LogP contribution in [0.3, 0.4) is 0 Å². The lowest BCUT2D eigenvalue weighted by Crippen LogP contribution is -2.22. The Hall–Kier alpha value is -1.06. The quantitative estimate of drug-likeness (QED) is 0.823. The van der Waals surface area contributed by atoms with E-state index in [0.29, 0.717) is 6.04 Å². The molecule has 1 unspecified atom stereocenters. The van der Waals surface area contributed by atoms with Crippen molar-refractivity contribution >= 4 is 0 Å². The molecule has 2 N–H and O–H groups in total. The molecule has 3 nitrogen and oxygen atoms in total. The first-order valence-electron chi connectivity index (χ1n) is 7.02. The highest BCUT2D eigenvalue weighted by atomic mass is 16.5. The molecule has 0 fully saturated rings. The van der Waals surface area contributed by atoms with Gasteiger partial charge in [-0.3, -0.25) is 0 Å². The fourth-order valence-electron chi connectivity index (χ4n) is 2.29. The van der Waals surface area contributed by atoms with Gasteiger partial charge in [0, 0.05) is 12.6 Å². The van der Waals surface area contributed by atoms with Gasteiger partial charge in [-0.25, -0.2) is 0 Å². The minimum atomic E-state index is 0.304. The fraction of sp³-hybridized carbons (Fsp3) is 0.625. The predicted molar refractivity (Wildman–Crippen MR) is 81.7 cm³/mol. The van der Waals surface area contributed by atoms with Crippen molar-refractivity contribution in [3.8, 4) is 5.75 Å². The molecule has 3 heteroatoms. The summed E-state index contributed by atoms with van der Waals surface area (Å²) in [5.41, 5.74) is 9.65. The van der Waals surface area contributed by atoms with Gasteiger partial charge in [0.25, 0.3) is 0 Å². The van der Waals surface area contributed by atoms with E-state index in [1.165, 1.54) is 16.7 Å². The second-order valence-corrected chi connectivity index (χ2v) is 5.61. The van der Waals surface area contributed by atoms with E-state index < -0.39 is 0 Å². The molecular formula is C16H28N2O. The van der Waals surface area contributed by atoms with Crippen LogP contribution in [-0.4, -0.2) is 31.6 Å². The predicted octanol–water partition coefficient (Wildman–Crippen LogP) is 2.87. The van der Waals surface area contributed by atoms with Crippen molar-refractivity contribution in [2.75, 3.05) is 20.7 Å². The van der Waals surface area contributed by atoms with Crippen LogP contribution in [0.1, 0.15) is 36.5 Å². The van der Waals surface area contributed by atoms with E-state index in [4.69, 9.17) is 10.5 Å². The first-order chi connectivity index (χ1) is 8.93. The number of aryl methyl sites for hydroxylation is 2. The lowest BCUT2D eigenvalue weighted by atomic mass is 10.0. The maximum Gasteiger partial charge on any atom is 0.122 e. The van der Waals surface area contributed by atoms with Gasteiger partial charge in [-0.2, -0.15) is 0 Å². The van der Waals surface area contributed by atoms with Gasteiger partial charge in [-0.15, -0.1) is 0 Å². The maximum atomic E-state index is 5.77. The van der Waals surface area contributed by atoms with Gasteiger partial charge >= 0.3 is 0 Å². The minimum absolute atomic E-state index is 0.304. The molecule has 108 valence electrons. The molecule has 0 aliphatic heterocycles. The Bertz CT molecular complexity index is 402. The Kier molecular flexibility index (Phi) is 6.32. The average molecular weight is 264 g/mol. The summed E-state index contributed by atoms with van der Waals surface area (Å²) in [7, 11) is 3.89. The van der Waals surface area contributed by atoms with Crippen LogP contribution in [0.25, 0.3) is 0 Å². The summed E-state index contributed by atoms with van der Waals surface area (Å²) in [4.78, 5) is 2.36. The van der Waals surface area contributed by atoms with E-state index in [9.17, 15) is 0 Å². The largest absolute Gasteiger partial charge is 0.496 e. The average Bonchev–Trinajstić information content (AvgIpc) is 2.32. The Morgan fingerprint density at radius 2 is 1.95 bits per heavy atom. The number of ether oxygens (including phenoxy) is 1. The van der Waals surface area contributed by atoms with Crippen molar-refractivity contribution in [2.45, 2.75) is 46.2 Å². The number of nitrogens with two attached hydrogens (primary N) is 1. The van der Waals surface area contributed by atoms with Crippen molar-refractivity contribution in [2.24, 2.45) is 5.73 Å². The summed E-state index contributed by atoms with van der Waals surface area (Å²) in [6.45, 7) is 8.38. The third-order valence-electron chi connectivity index (χ3n) is 3.49. The smallest absolute Gasteiger partial charge is 0.122 e. The molecule has 1 atom stereocenters. The molecule has 0 aliphatic rings. The van der Waals surface area contributed by atoms with Crippen LogP contribution in [0, 0.1) is 13.8 Å². The highest BCUT2D eigenvalue weighted by molar-refractivity contribution is 5.41. The minimum Gasteiger partial charge on any atom is -0.496 e. The summed E-state index contributed by atoms with van der Waals surface area (Å²) in [6.07, 6.45) is 2.24. The van der Waals surface area contributed by atoms with E-state index in [-0.39, 0.29) is 0 Å². The summed E-state index contributed by atoms with van der Waals surface area (Å²) < 4.78 is 5.35. The zero-order chi connectivity index (χ0) is 14.4. The number of hydrogen-bond donors (Lipinski definition) is 1. The molecular weight excluding hydrogens is 236 g/mol. The van der Waals surface area contributed by atoms with Crippen LogP contribution in [-0.2, 0) is 6.54 Å². The van der Waals surface area contributed by atoms with E-state index in [2.05, 4.69) is 44.9 Å². The summed E-state index contributed by atoms with van der Waals surface area (Å²) in [5.74, 6) is 0.973. The van der Waals surface area contributed by atoms with Crippen LogP contribution >= 0.6 is 0 Å². The number of benzene rings is 1. The van der Waals surface area contributed by atoms with Gasteiger partial charge in [-0.05, 0) is 70.0 Å². The third kappa shape index (κ3) is 5.21. The van der Waals surface area contributed by atoms with Crippen LogP contribution < -0.4 is 10.5 Å². The number of hydrogen-bond acceptors (Lipinski definition) is 3. The monoisotopic (exact) mass is 264 g/mol. The molecule has 0 radical (unpaired) electrons. The molecule has 0 aliphatic carbocycles. The molecule has 0 saturated heterocycles. The molecule has 1 aromatic carbocycles. The molecule has 0 heterocycles. The number of methoxy groups -OCH3 is 1. The SMILES string of the molecule is COc1cc(C)c(CN(C)CCCC(C)N)cc1C. The normalized spacial score (nSPS) is 12.8. The van der Waals surface area contributed by atoms with Crippen molar-refractivity contribution < 1.29 is 4.74 Å². The van der Waals surface area contributed by atoms with Crippen LogP contribution in [0.4, 0.5) is 0 Å². The third-order valence-corrected chi connectivity index (χ3v) is 3.49. The van der Waals surface area contributed by atoms with Crippen LogP contribution in [0.15, 0.2) is 12.1 Å². The second-order valence-electron chi connectivity index (χ2n) is 5.61. The molecule has 19 heavy (non-hydrogen) atoms. The van der Waals surface area contributed by atoms with Crippen molar-refractivity contribution in [1.29, 1.82) is 0 Å². The van der Waals surface area contributed by atoms with Crippen molar-refractivity contribution in [3.63, 3.8) is 0 Å². The second kappa shape index (κ2) is 7.51. The van der Waals surface area contributed by atoms with Gasteiger partial charge in [0.2, 0.25) is 0 Å². The zero-order valence-corrected chi connectivity index (χ0v) is 13.0. The van der Waals surface area contributed by atoms with E-state index in [1.807, 2.05) is 0 Å². The van der Waals surface area contributed by atoms with Gasteiger partial charge in [0.05, 0.1) is 7.11 Å². The summed E-state index contributed by atoms with van der Waals surface area (Å²) >= 11 is 0. The van der Waals surface area contributed by atoms with Gasteiger partial charge < -0.3 is 15.4 Å². The first kappa shape index (κ1) is 16.0. The highest BCUT2D eigenvalue weighted by Gasteiger charge is 2.07. The van der Waals surface area contributed by atoms with E-state index in [1.54, 1.807) is 7.11 Å².